The minimum absolute atomic E-state index is 0.108. The van der Waals surface area contributed by atoms with Gasteiger partial charge in [-0.3, -0.25) is 14.9 Å². The highest BCUT2D eigenvalue weighted by molar-refractivity contribution is 6.02. The Morgan fingerprint density at radius 3 is 2.31 bits per heavy atom. The fraction of sp³-hybridized carbons (Fsp3) is 0.238. The van der Waals surface area contributed by atoms with E-state index in [-0.39, 0.29) is 23.6 Å². The number of ether oxygens (including phenoxy) is 1. The van der Waals surface area contributed by atoms with E-state index in [1.54, 1.807) is 18.2 Å². The molecule has 2 rings (SSSR count). The van der Waals surface area contributed by atoms with Gasteiger partial charge in [0.1, 0.15) is 0 Å². The molecular formula is C21H23N3O5. The highest BCUT2D eigenvalue weighted by Gasteiger charge is 2.16. The lowest BCUT2D eigenvalue weighted by Gasteiger charge is -2.11. The summed E-state index contributed by atoms with van der Waals surface area (Å²) in [6, 6.07) is 14.9. The van der Waals surface area contributed by atoms with E-state index in [0.29, 0.717) is 6.54 Å². The summed E-state index contributed by atoms with van der Waals surface area (Å²) in [6.07, 6.45) is 0.878. The van der Waals surface area contributed by atoms with E-state index in [1.165, 1.54) is 6.07 Å². The second-order valence-corrected chi connectivity index (χ2v) is 6.14. The minimum atomic E-state index is -0.787. The molecule has 0 radical (unpaired) electrons. The molecule has 4 amide bonds. The number of anilines is 1. The number of nitrogens with one attached hydrogen (secondary N) is 3. The number of imide groups is 1. The predicted octanol–water partition coefficient (Wildman–Crippen LogP) is 2.26. The highest BCUT2D eigenvalue weighted by atomic mass is 16.5. The molecule has 0 aliphatic rings. The number of esters is 1. The standard InChI is InChI=1S/C21H23N3O5/c1-2-12-22-21(28)24-19(26)14-29-20(27)16-10-6-7-11-17(16)23-18(25)13-15-8-4-3-5-9-15/h3-11H,2,12-14H2,1H3,(H,23,25)(H2,22,24,26,28). The predicted molar refractivity (Wildman–Crippen MR) is 107 cm³/mol. The Balaban J connectivity index is 1.91. The van der Waals surface area contributed by atoms with E-state index in [4.69, 9.17) is 4.74 Å². The molecule has 3 N–H and O–H groups in total. The maximum atomic E-state index is 12.3. The van der Waals surface area contributed by atoms with Gasteiger partial charge in [-0.05, 0) is 24.1 Å². The quantitative estimate of drug-likeness (QED) is 0.591. The van der Waals surface area contributed by atoms with Gasteiger partial charge < -0.3 is 15.4 Å². The normalized spacial score (nSPS) is 9.97. The Bertz CT molecular complexity index is 868. The molecule has 0 aliphatic heterocycles. The SMILES string of the molecule is CCCNC(=O)NC(=O)COC(=O)c1ccccc1NC(=O)Cc1ccccc1. The molecule has 0 aromatic heterocycles. The van der Waals surface area contributed by atoms with Gasteiger partial charge in [0.05, 0.1) is 17.7 Å². The molecule has 0 spiro atoms. The average molecular weight is 397 g/mol. The molecule has 8 heteroatoms. The van der Waals surface area contributed by atoms with Crippen LogP contribution in [0.4, 0.5) is 10.5 Å². The molecule has 0 bridgehead atoms. The first-order valence-corrected chi connectivity index (χ1v) is 9.17. The van der Waals surface area contributed by atoms with E-state index in [9.17, 15) is 19.2 Å². The van der Waals surface area contributed by atoms with Crippen LogP contribution in [0.3, 0.4) is 0 Å². The fourth-order valence-electron chi connectivity index (χ4n) is 2.40. The molecule has 0 heterocycles. The molecule has 0 unspecified atom stereocenters. The highest BCUT2D eigenvalue weighted by Crippen LogP contribution is 2.17. The Morgan fingerprint density at radius 1 is 0.897 bits per heavy atom. The van der Waals surface area contributed by atoms with Crippen molar-refractivity contribution in [2.75, 3.05) is 18.5 Å². The monoisotopic (exact) mass is 397 g/mol. The summed E-state index contributed by atoms with van der Waals surface area (Å²) >= 11 is 0. The summed E-state index contributed by atoms with van der Waals surface area (Å²) in [5.41, 5.74) is 1.22. The van der Waals surface area contributed by atoms with Crippen molar-refractivity contribution in [3.63, 3.8) is 0 Å². The van der Waals surface area contributed by atoms with Crippen LogP contribution in [-0.4, -0.2) is 37.0 Å². The third-order valence-corrected chi connectivity index (χ3v) is 3.75. The molecule has 0 aliphatic carbocycles. The van der Waals surface area contributed by atoms with Gasteiger partial charge in [0.15, 0.2) is 6.61 Å². The first-order valence-electron chi connectivity index (χ1n) is 9.17. The average Bonchev–Trinajstić information content (AvgIpc) is 2.71. The van der Waals surface area contributed by atoms with Crippen LogP contribution in [0, 0.1) is 0 Å². The third kappa shape index (κ3) is 7.45. The van der Waals surface area contributed by atoms with E-state index in [0.717, 1.165) is 12.0 Å². The summed E-state index contributed by atoms with van der Waals surface area (Å²) < 4.78 is 4.95. The van der Waals surface area contributed by atoms with Crippen molar-refractivity contribution >= 4 is 29.5 Å². The Kier molecular flexibility index (Phi) is 8.37. The lowest BCUT2D eigenvalue weighted by molar-refractivity contribution is -0.123. The number of carbonyl (C=O) groups is 4. The first kappa shape index (κ1) is 21.6. The molecule has 152 valence electrons. The summed E-state index contributed by atoms with van der Waals surface area (Å²) in [4.78, 5) is 47.7. The van der Waals surface area contributed by atoms with Crippen molar-refractivity contribution in [2.45, 2.75) is 19.8 Å². The summed E-state index contributed by atoms with van der Waals surface area (Å²) in [5, 5.41) is 7.21. The number of benzene rings is 2. The van der Waals surface area contributed by atoms with Gasteiger partial charge in [0, 0.05) is 6.54 Å². The number of hydrogen-bond donors (Lipinski definition) is 3. The van der Waals surface area contributed by atoms with Crippen LogP contribution in [0.25, 0.3) is 0 Å². The molecule has 2 aromatic rings. The molecule has 0 fully saturated rings. The number of hydrogen-bond acceptors (Lipinski definition) is 5. The van der Waals surface area contributed by atoms with Gasteiger partial charge in [0.2, 0.25) is 5.91 Å². The molecule has 29 heavy (non-hydrogen) atoms. The molecule has 0 atom stereocenters. The van der Waals surface area contributed by atoms with Gasteiger partial charge in [-0.15, -0.1) is 0 Å². The van der Waals surface area contributed by atoms with Crippen LogP contribution in [0.5, 0.6) is 0 Å². The van der Waals surface area contributed by atoms with Crippen LogP contribution < -0.4 is 16.0 Å². The molecule has 0 saturated heterocycles. The maximum absolute atomic E-state index is 12.3. The lowest BCUT2D eigenvalue weighted by atomic mass is 10.1. The van der Waals surface area contributed by atoms with Crippen molar-refractivity contribution in [3.05, 3.63) is 65.7 Å². The number of para-hydroxylation sites is 1. The third-order valence-electron chi connectivity index (χ3n) is 3.75. The second-order valence-electron chi connectivity index (χ2n) is 6.14. The van der Waals surface area contributed by atoms with Crippen molar-refractivity contribution in [1.29, 1.82) is 0 Å². The molecular weight excluding hydrogens is 374 g/mol. The number of amides is 4. The van der Waals surface area contributed by atoms with Crippen molar-refractivity contribution < 1.29 is 23.9 Å². The van der Waals surface area contributed by atoms with E-state index in [2.05, 4.69) is 16.0 Å². The summed E-state index contributed by atoms with van der Waals surface area (Å²) in [5.74, 6) is -1.83. The Labute approximate surface area is 168 Å². The Hall–Kier alpha value is -3.68. The fourth-order valence-corrected chi connectivity index (χ4v) is 2.40. The van der Waals surface area contributed by atoms with Crippen LogP contribution in [-0.2, 0) is 20.7 Å². The largest absolute Gasteiger partial charge is 0.452 e. The summed E-state index contributed by atoms with van der Waals surface area (Å²) in [7, 11) is 0. The van der Waals surface area contributed by atoms with Crippen LogP contribution in [0.2, 0.25) is 0 Å². The zero-order chi connectivity index (χ0) is 21.1. The number of urea groups is 1. The van der Waals surface area contributed by atoms with Gasteiger partial charge in [-0.1, -0.05) is 49.4 Å². The minimum Gasteiger partial charge on any atom is -0.452 e. The summed E-state index contributed by atoms with van der Waals surface area (Å²) in [6.45, 7) is 1.68. The second kappa shape index (κ2) is 11.2. The van der Waals surface area contributed by atoms with Crippen molar-refractivity contribution in [2.24, 2.45) is 0 Å². The first-order chi connectivity index (χ1) is 14.0. The van der Waals surface area contributed by atoms with Crippen LogP contribution in [0.15, 0.2) is 54.6 Å². The van der Waals surface area contributed by atoms with Crippen LogP contribution in [0.1, 0.15) is 29.3 Å². The smallest absolute Gasteiger partial charge is 0.340 e. The van der Waals surface area contributed by atoms with Crippen LogP contribution >= 0.6 is 0 Å². The maximum Gasteiger partial charge on any atom is 0.340 e. The zero-order valence-corrected chi connectivity index (χ0v) is 16.1. The molecule has 8 nitrogen and oxygen atoms in total. The van der Waals surface area contributed by atoms with E-state index in [1.807, 2.05) is 37.3 Å². The Morgan fingerprint density at radius 2 is 1.59 bits per heavy atom. The van der Waals surface area contributed by atoms with E-state index >= 15 is 0 Å². The van der Waals surface area contributed by atoms with Gasteiger partial charge in [-0.25, -0.2) is 9.59 Å². The van der Waals surface area contributed by atoms with Gasteiger partial charge in [0.25, 0.3) is 5.91 Å². The molecule has 0 saturated carbocycles. The number of rotatable bonds is 8. The zero-order valence-electron chi connectivity index (χ0n) is 16.1. The van der Waals surface area contributed by atoms with Crippen molar-refractivity contribution in [1.82, 2.24) is 10.6 Å². The van der Waals surface area contributed by atoms with Gasteiger partial charge in [-0.2, -0.15) is 0 Å². The molecule has 2 aromatic carbocycles. The van der Waals surface area contributed by atoms with Gasteiger partial charge >= 0.3 is 12.0 Å². The van der Waals surface area contributed by atoms with E-state index < -0.39 is 24.5 Å². The lowest BCUT2D eigenvalue weighted by Crippen LogP contribution is -2.41. The van der Waals surface area contributed by atoms with Crippen molar-refractivity contribution in [3.8, 4) is 0 Å². The topological polar surface area (TPSA) is 114 Å². The number of carbonyl (C=O) groups excluding carboxylic acids is 4.